The maximum Gasteiger partial charge on any atom is 0.129 e. The lowest BCUT2D eigenvalue weighted by molar-refractivity contribution is 0.482. The molecule has 1 atom stereocenters. The Balaban J connectivity index is 1.19. The van der Waals surface area contributed by atoms with E-state index in [0.29, 0.717) is 6.04 Å². The first-order valence-electron chi connectivity index (χ1n) is 9.43. The predicted molar refractivity (Wildman–Crippen MR) is 107 cm³/mol. The van der Waals surface area contributed by atoms with Crippen molar-refractivity contribution in [3.05, 3.63) is 89.5 Å². The molecule has 5 rings (SSSR count). The summed E-state index contributed by atoms with van der Waals surface area (Å²) in [5.74, 6) is 1.42. The first-order valence-corrected chi connectivity index (χ1v) is 9.43. The highest BCUT2D eigenvalue weighted by Crippen LogP contribution is 2.25. The van der Waals surface area contributed by atoms with Gasteiger partial charge in [-0.1, -0.05) is 18.2 Å². The number of nitrogens with one attached hydrogen (secondary N) is 2. The number of halogens is 1. The number of rotatable bonds is 5. The molecule has 0 aliphatic heterocycles. The number of aromatic nitrogens is 2. The largest absolute Gasteiger partial charge is 0.457 e. The summed E-state index contributed by atoms with van der Waals surface area (Å²) in [6, 6.07) is 19.3. The van der Waals surface area contributed by atoms with Gasteiger partial charge >= 0.3 is 0 Å². The van der Waals surface area contributed by atoms with Crippen LogP contribution in [0.4, 0.5) is 4.39 Å². The zero-order chi connectivity index (χ0) is 18.9. The van der Waals surface area contributed by atoms with Crippen molar-refractivity contribution in [2.75, 3.05) is 0 Å². The Labute approximate surface area is 162 Å². The van der Waals surface area contributed by atoms with Gasteiger partial charge in [-0.2, -0.15) is 0 Å². The SMILES string of the molecule is Fc1ccc2c(c1)C[C@H](NCc1ccc(Oc3ccc4nc[nH]c4c3)cc1)C2. The number of hydrogen-bond donors (Lipinski definition) is 2. The molecule has 0 unspecified atom stereocenters. The minimum absolute atomic E-state index is 0.151. The van der Waals surface area contributed by atoms with Crippen molar-refractivity contribution in [2.45, 2.75) is 25.4 Å². The fourth-order valence-corrected chi connectivity index (χ4v) is 3.78. The van der Waals surface area contributed by atoms with E-state index >= 15 is 0 Å². The van der Waals surface area contributed by atoms with Gasteiger partial charge in [0, 0.05) is 18.7 Å². The Kier molecular flexibility index (Phi) is 4.29. The van der Waals surface area contributed by atoms with Crippen LogP contribution in [0.15, 0.2) is 67.0 Å². The van der Waals surface area contributed by atoms with Crippen LogP contribution in [-0.4, -0.2) is 16.0 Å². The molecule has 4 aromatic rings. The van der Waals surface area contributed by atoms with Gasteiger partial charge in [-0.3, -0.25) is 0 Å². The van der Waals surface area contributed by atoms with Crippen LogP contribution in [0.1, 0.15) is 16.7 Å². The summed E-state index contributed by atoms with van der Waals surface area (Å²) in [6.07, 6.45) is 3.51. The average Bonchev–Trinajstić information content (AvgIpc) is 3.33. The van der Waals surface area contributed by atoms with E-state index in [1.54, 1.807) is 18.5 Å². The third kappa shape index (κ3) is 3.49. The standard InChI is InChI=1S/C23H20FN3O/c24-18-4-3-16-10-19(11-17(16)9-18)25-13-15-1-5-20(6-2-15)28-21-7-8-22-23(12-21)27-14-26-22/h1-9,12,14,19,25H,10-11,13H2,(H,26,27)/t19-/m1/s1. The maximum absolute atomic E-state index is 13.4. The second-order valence-corrected chi connectivity index (χ2v) is 7.23. The number of H-pyrrole nitrogens is 1. The molecule has 1 aromatic heterocycles. The number of imidazole rings is 1. The van der Waals surface area contributed by atoms with Gasteiger partial charge in [-0.05, 0) is 65.9 Å². The Hall–Kier alpha value is -3.18. The molecular weight excluding hydrogens is 353 g/mol. The number of benzene rings is 3. The van der Waals surface area contributed by atoms with Crippen molar-refractivity contribution in [1.29, 1.82) is 0 Å². The third-order valence-electron chi connectivity index (χ3n) is 5.25. The predicted octanol–water partition coefficient (Wildman–Crippen LogP) is 4.75. The molecule has 0 radical (unpaired) electrons. The molecule has 28 heavy (non-hydrogen) atoms. The highest BCUT2D eigenvalue weighted by molar-refractivity contribution is 5.76. The molecule has 0 bridgehead atoms. The van der Waals surface area contributed by atoms with Crippen LogP contribution in [-0.2, 0) is 19.4 Å². The quantitative estimate of drug-likeness (QED) is 0.531. The van der Waals surface area contributed by atoms with Gasteiger partial charge in [0.1, 0.15) is 17.3 Å². The summed E-state index contributed by atoms with van der Waals surface area (Å²) in [4.78, 5) is 7.30. The van der Waals surface area contributed by atoms with E-state index in [1.165, 1.54) is 11.1 Å². The van der Waals surface area contributed by atoms with E-state index in [0.717, 1.165) is 47.5 Å². The summed E-state index contributed by atoms with van der Waals surface area (Å²) in [5.41, 5.74) is 5.44. The van der Waals surface area contributed by atoms with E-state index in [4.69, 9.17) is 4.74 Å². The van der Waals surface area contributed by atoms with Crippen LogP contribution in [0.3, 0.4) is 0 Å². The highest BCUT2D eigenvalue weighted by Gasteiger charge is 2.21. The van der Waals surface area contributed by atoms with Gasteiger partial charge < -0.3 is 15.0 Å². The van der Waals surface area contributed by atoms with E-state index in [1.807, 2.05) is 36.4 Å². The molecule has 1 aliphatic rings. The molecule has 0 amide bonds. The average molecular weight is 373 g/mol. The number of ether oxygens (including phenoxy) is 1. The fraction of sp³-hybridized carbons (Fsp3) is 0.174. The van der Waals surface area contributed by atoms with Crippen molar-refractivity contribution in [2.24, 2.45) is 0 Å². The van der Waals surface area contributed by atoms with Crippen LogP contribution >= 0.6 is 0 Å². The Morgan fingerprint density at radius 1 is 0.964 bits per heavy atom. The molecule has 4 nitrogen and oxygen atoms in total. The Bertz CT molecular complexity index is 1120. The number of aromatic amines is 1. The van der Waals surface area contributed by atoms with Crippen LogP contribution in [0.25, 0.3) is 11.0 Å². The van der Waals surface area contributed by atoms with Gasteiger partial charge in [0.15, 0.2) is 0 Å². The topological polar surface area (TPSA) is 49.9 Å². The summed E-state index contributed by atoms with van der Waals surface area (Å²) in [7, 11) is 0. The smallest absolute Gasteiger partial charge is 0.129 e. The zero-order valence-electron chi connectivity index (χ0n) is 15.3. The first kappa shape index (κ1) is 17.0. The normalized spacial score (nSPS) is 15.7. The van der Waals surface area contributed by atoms with Crippen molar-refractivity contribution in [3.8, 4) is 11.5 Å². The molecule has 0 fully saturated rings. The van der Waals surface area contributed by atoms with Crippen LogP contribution < -0.4 is 10.1 Å². The van der Waals surface area contributed by atoms with Gasteiger partial charge in [-0.25, -0.2) is 9.37 Å². The van der Waals surface area contributed by atoms with Crippen LogP contribution in [0, 0.1) is 5.82 Å². The molecule has 1 aliphatic carbocycles. The van der Waals surface area contributed by atoms with Crippen molar-refractivity contribution >= 4 is 11.0 Å². The fourth-order valence-electron chi connectivity index (χ4n) is 3.78. The number of hydrogen-bond acceptors (Lipinski definition) is 3. The van der Waals surface area contributed by atoms with Crippen molar-refractivity contribution in [3.63, 3.8) is 0 Å². The van der Waals surface area contributed by atoms with Gasteiger partial charge in [0.2, 0.25) is 0 Å². The first-order chi connectivity index (χ1) is 13.7. The molecule has 140 valence electrons. The van der Waals surface area contributed by atoms with Crippen molar-refractivity contribution in [1.82, 2.24) is 15.3 Å². The monoisotopic (exact) mass is 373 g/mol. The van der Waals surface area contributed by atoms with E-state index in [2.05, 4.69) is 27.4 Å². The summed E-state index contributed by atoms with van der Waals surface area (Å²) >= 11 is 0. The van der Waals surface area contributed by atoms with E-state index < -0.39 is 0 Å². The number of nitrogens with zero attached hydrogens (tertiary/aromatic N) is 1. The van der Waals surface area contributed by atoms with E-state index in [-0.39, 0.29) is 5.82 Å². The van der Waals surface area contributed by atoms with Gasteiger partial charge in [-0.15, -0.1) is 0 Å². The van der Waals surface area contributed by atoms with Crippen LogP contribution in [0.5, 0.6) is 11.5 Å². The third-order valence-corrected chi connectivity index (χ3v) is 5.25. The Morgan fingerprint density at radius 3 is 2.68 bits per heavy atom. The van der Waals surface area contributed by atoms with Gasteiger partial charge in [0.05, 0.1) is 17.4 Å². The second-order valence-electron chi connectivity index (χ2n) is 7.23. The van der Waals surface area contributed by atoms with Crippen LogP contribution in [0.2, 0.25) is 0 Å². The summed E-state index contributed by atoms with van der Waals surface area (Å²) < 4.78 is 19.3. The summed E-state index contributed by atoms with van der Waals surface area (Å²) in [6.45, 7) is 0.779. The van der Waals surface area contributed by atoms with Crippen molar-refractivity contribution < 1.29 is 9.13 Å². The zero-order valence-corrected chi connectivity index (χ0v) is 15.3. The lowest BCUT2D eigenvalue weighted by atomic mass is 10.1. The maximum atomic E-state index is 13.4. The minimum Gasteiger partial charge on any atom is -0.457 e. The molecule has 3 aromatic carbocycles. The highest BCUT2D eigenvalue weighted by atomic mass is 19.1. The minimum atomic E-state index is -0.151. The molecule has 0 saturated carbocycles. The molecule has 1 heterocycles. The lowest BCUT2D eigenvalue weighted by Crippen LogP contribution is -2.28. The second kappa shape index (κ2) is 7.09. The molecule has 5 heteroatoms. The van der Waals surface area contributed by atoms with E-state index in [9.17, 15) is 4.39 Å². The van der Waals surface area contributed by atoms with Gasteiger partial charge in [0.25, 0.3) is 0 Å². The number of fused-ring (bicyclic) bond motifs is 2. The molecule has 2 N–H and O–H groups in total. The molecule has 0 saturated heterocycles. The molecule has 0 spiro atoms. The Morgan fingerprint density at radius 2 is 1.79 bits per heavy atom. The lowest BCUT2D eigenvalue weighted by Gasteiger charge is -2.12. The summed E-state index contributed by atoms with van der Waals surface area (Å²) in [5, 5.41) is 3.58. The molecular formula is C23H20FN3O.